The Morgan fingerprint density at radius 1 is 0.680 bits per heavy atom. The van der Waals surface area contributed by atoms with Crippen LogP contribution in [0.1, 0.15) is 75.8 Å². The molecule has 25 heavy (non-hydrogen) atoms. The van der Waals surface area contributed by atoms with Gasteiger partial charge >= 0.3 is 0 Å². The van der Waals surface area contributed by atoms with E-state index in [9.17, 15) is 4.39 Å². The fourth-order valence-corrected chi connectivity index (χ4v) is 3.68. The second-order valence-electron chi connectivity index (χ2n) is 6.85. The van der Waals surface area contributed by atoms with Crippen molar-refractivity contribution >= 4 is 0 Å². The lowest BCUT2D eigenvalue weighted by Gasteiger charge is -2.21. The van der Waals surface area contributed by atoms with E-state index in [2.05, 4.69) is 27.7 Å². The van der Waals surface area contributed by atoms with Crippen molar-refractivity contribution in [1.82, 2.24) is 4.98 Å². The molecule has 0 fully saturated rings. The molecule has 0 radical (unpaired) electrons. The van der Waals surface area contributed by atoms with E-state index in [1.165, 1.54) is 22.4 Å². The maximum absolute atomic E-state index is 13.4. The minimum atomic E-state index is -0.189. The molecule has 0 unspecified atom stereocenters. The fourth-order valence-electron chi connectivity index (χ4n) is 3.68. The summed E-state index contributed by atoms with van der Waals surface area (Å²) in [5.74, 6) is -0.189. The molecule has 0 aliphatic carbocycles. The summed E-state index contributed by atoms with van der Waals surface area (Å²) in [6.07, 6.45) is 8.78. The lowest BCUT2D eigenvalue weighted by atomic mass is 9.87. The number of benzene rings is 1. The summed E-state index contributed by atoms with van der Waals surface area (Å²) in [6, 6.07) is 6.85. The zero-order valence-electron chi connectivity index (χ0n) is 16.3. The average molecular weight is 342 g/mol. The van der Waals surface area contributed by atoms with E-state index in [-0.39, 0.29) is 5.82 Å². The second kappa shape index (κ2) is 9.70. The molecular formula is C23H32FN. The molecule has 0 saturated heterocycles. The molecular weight excluding hydrogens is 309 g/mol. The van der Waals surface area contributed by atoms with Crippen molar-refractivity contribution in [3.63, 3.8) is 0 Å². The van der Waals surface area contributed by atoms with Crippen molar-refractivity contribution in [3.05, 3.63) is 52.5 Å². The van der Waals surface area contributed by atoms with Gasteiger partial charge < -0.3 is 0 Å². The van der Waals surface area contributed by atoms with Gasteiger partial charge in [-0.2, -0.15) is 0 Å². The van der Waals surface area contributed by atoms with E-state index in [1.54, 1.807) is 12.1 Å². The number of aromatic nitrogens is 1. The highest BCUT2D eigenvalue weighted by atomic mass is 19.1. The number of hydrogen-bond acceptors (Lipinski definition) is 1. The minimum absolute atomic E-state index is 0.189. The van der Waals surface area contributed by atoms with Crippen molar-refractivity contribution in [2.24, 2.45) is 0 Å². The van der Waals surface area contributed by atoms with Gasteiger partial charge in [-0.05, 0) is 66.6 Å². The third-order valence-corrected chi connectivity index (χ3v) is 4.71. The van der Waals surface area contributed by atoms with Crippen molar-refractivity contribution in [2.75, 3.05) is 0 Å². The Morgan fingerprint density at radius 2 is 1.20 bits per heavy atom. The summed E-state index contributed by atoms with van der Waals surface area (Å²) in [5, 5.41) is 0. The van der Waals surface area contributed by atoms with Crippen LogP contribution in [0, 0.1) is 5.82 Å². The molecule has 1 aromatic heterocycles. The van der Waals surface area contributed by atoms with E-state index in [1.807, 2.05) is 12.1 Å². The molecule has 1 aromatic carbocycles. The Morgan fingerprint density at radius 3 is 1.76 bits per heavy atom. The maximum atomic E-state index is 13.4. The van der Waals surface area contributed by atoms with Crippen LogP contribution in [0.15, 0.2) is 24.3 Å². The highest BCUT2D eigenvalue weighted by Gasteiger charge is 2.19. The van der Waals surface area contributed by atoms with Crippen LogP contribution in [0.4, 0.5) is 4.39 Å². The lowest BCUT2D eigenvalue weighted by molar-refractivity contribution is 0.628. The molecule has 0 amide bonds. The Balaban J connectivity index is 2.72. The summed E-state index contributed by atoms with van der Waals surface area (Å²) in [6.45, 7) is 8.94. The van der Waals surface area contributed by atoms with Crippen LogP contribution < -0.4 is 0 Å². The van der Waals surface area contributed by atoms with Crippen LogP contribution in [-0.2, 0) is 25.7 Å². The van der Waals surface area contributed by atoms with Crippen LogP contribution in [0.3, 0.4) is 0 Å². The molecule has 1 heterocycles. The molecule has 0 spiro atoms. The van der Waals surface area contributed by atoms with Crippen LogP contribution in [0.5, 0.6) is 0 Å². The molecule has 0 saturated carbocycles. The summed E-state index contributed by atoms with van der Waals surface area (Å²) >= 11 is 0. The first-order valence-electron chi connectivity index (χ1n) is 9.95. The first kappa shape index (κ1) is 19.6. The third-order valence-electron chi connectivity index (χ3n) is 4.71. The molecule has 0 aliphatic heterocycles. The summed E-state index contributed by atoms with van der Waals surface area (Å²) in [5.41, 5.74) is 7.77. The fraction of sp³-hybridized carbons (Fsp3) is 0.522. The smallest absolute Gasteiger partial charge is 0.123 e. The largest absolute Gasteiger partial charge is 0.252 e. The number of pyridine rings is 1. The average Bonchev–Trinajstić information content (AvgIpc) is 2.61. The van der Waals surface area contributed by atoms with Gasteiger partial charge in [0, 0.05) is 11.3 Å². The normalized spacial score (nSPS) is 11.1. The van der Waals surface area contributed by atoms with E-state index in [0.717, 1.165) is 62.6 Å². The zero-order chi connectivity index (χ0) is 18.2. The van der Waals surface area contributed by atoms with Crippen molar-refractivity contribution in [3.8, 4) is 11.3 Å². The maximum Gasteiger partial charge on any atom is 0.123 e. The Labute approximate surface area is 152 Å². The quantitative estimate of drug-likeness (QED) is 0.494. The number of aryl methyl sites for hydroxylation is 1. The highest BCUT2D eigenvalue weighted by Crippen LogP contribution is 2.32. The molecule has 2 heteroatoms. The lowest BCUT2D eigenvalue weighted by Crippen LogP contribution is -2.10. The molecule has 0 aliphatic rings. The van der Waals surface area contributed by atoms with Gasteiger partial charge in [0.1, 0.15) is 5.82 Å². The van der Waals surface area contributed by atoms with Crippen LogP contribution >= 0.6 is 0 Å². The number of rotatable bonds is 9. The molecule has 0 N–H and O–H groups in total. The van der Waals surface area contributed by atoms with E-state index >= 15 is 0 Å². The topological polar surface area (TPSA) is 12.9 Å². The number of nitrogens with zero attached hydrogens (tertiary/aromatic N) is 1. The standard InChI is InChI=1S/C23H32FN/c1-5-9-19-20(10-6-2)22(12-8-4)25-23(21(19)11-7-3)17-13-15-18(24)16-14-17/h13-16H,5-12H2,1-4H3. The Hall–Kier alpha value is -1.70. The second-order valence-corrected chi connectivity index (χ2v) is 6.85. The SMILES string of the molecule is CCCc1nc(-c2ccc(F)cc2)c(CCC)c(CCC)c1CCC. The first-order valence-corrected chi connectivity index (χ1v) is 9.95. The van der Waals surface area contributed by atoms with Crippen molar-refractivity contribution in [1.29, 1.82) is 0 Å². The third kappa shape index (κ3) is 4.68. The van der Waals surface area contributed by atoms with Crippen molar-refractivity contribution < 1.29 is 4.39 Å². The van der Waals surface area contributed by atoms with E-state index in [4.69, 9.17) is 4.98 Å². The van der Waals surface area contributed by atoms with E-state index < -0.39 is 0 Å². The van der Waals surface area contributed by atoms with Gasteiger partial charge in [0.15, 0.2) is 0 Å². The van der Waals surface area contributed by atoms with E-state index in [0.29, 0.717) is 0 Å². The van der Waals surface area contributed by atoms with Gasteiger partial charge in [-0.1, -0.05) is 53.4 Å². The Bertz CT molecular complexity index is 673. The van der Waals surface area contributed by atoms with Crippen LogP contribution in [-0.4, -0.2) is 4.98 Å². The minimum Gasteiger partial charge on any atom is -0.252 e. The molecule has 0 bridgehead atoms. The highest BCUT2D eigenvalue weighted by molar-refractivity contribution is 5.66. The predicted molar refractivity (Wildman–Crippen MR) is 106 cm³/mol. The van der Waals surface area contributed by atoms with Gasteiger partial charge in [-0.3, -0.25) is 4.98 Å². The number of halogens is 1. The van der Waals surface area contributed by atoms with Gasteiger partial charge in [0.25, 0.3) is 0 Å². The van der Waals surface area contributed by atoms with Gasteiger partial charge in [0.05, 0.1) is 5.69 Å². The van der Waals surface area contributed by atoms with Gasteiger partial charge in [-0.15, -0.1) is 0 Å². The summed E-state index contributed by atoms with van der Waals surface area (Å²) in [7, 11) is 0. The molecule has 1 nitrogen and oxygen atoms in total. The van der Waals surface area contributed by atoms with Gasteiger partial charge in [0.2, 0.25) is 0 Å². The molecule has 136 valence electrons. The van der Waals surface area contributed by atoms with Crippen LogP contribution in [0.25, 0.3) is 11.3 Å². The predicted octanol–water partition coefficient (Wildman–Crippen LogP) is 6.70. The molecule has 2 rings (SSSR count). The molecule has 2 aromatic rings. The Kier molecular flexibility index (Phi) is 7.61. The first-order chi connectivity index (χ1) is 12.2. The monoisotopic (exact) mass is 341 g/mol. The van der Waals surface area contributed by atoms with Gasteiger partial charge in [-0.25, -0.2) is 4.39 Å². The summed E-state index contributed by atoms with van der Waals surface area (Å²) in [4.78, 5) is 5.12. The van der Waals surface area contributed by atoms with Crippen molar-refractivity contribution in [2.45, 2.75) is 79.1 Å². The number of hydrogen-bond donors (Lipinski definition) is 0. The summed E-state index contributed by atoms with van der Waals surface area (Å²) < 4.78 is 13.4. The molecule has 0 atom stereocenters. The zero-order valence-corrected chi connectivity index (χ0v) is 16.3. The van der Waals surface area contributed by atoms with Crippen LogP contribution in [0.2, 0.25) is 0 Å².